The average Bonchev–Trinajstić information content (AvgIpc) is 3.42. The van der Waals surface area contributed by atoms with E-state index in [-0.39, 0.29) is 11.8 Å². The van der Waals surface area contributed by atoms with Gasteiger partial charge in [0.1, 0.15) is 0 Å². The van der Waals surface area contributed by atoms with Crippen molar-refractivity contribution in [1.82, 2.24) is 0 Å². The highest BCUT2D eigenvalue weighted by molar-refractivity contribution is 5.95. The monoisotopic (exact) mass is 325 g/mol. The number of carbonyl (C=O) groups is 2. The number of rotatable bonds is 5. The smallest absolute Gasteiger partial charge is 0.343 e. The number of hydrogen-bond acceptors (Lipinski definition) is 4. The van der Waals surface area contributed by atoms with E-state index in [1.165, 1.54) is 7.11 Å². The van der Waals surface area contributed by atoms with Crippen molar-refractivity contribution in [2.45, 2.75) is 19.8 Å². The largest absolute Gasteiger partial charge is 0.493 e. The molecule has 24 heavy (non-hydrogen) atoms. The Morgan fingerprint density at radius 3 is 2.38 bits per heavy atom. The van der Waals surface area contributed by atoms with Crippen LogP contribution in [0.1, 0.15) is 28.8 Å². The molecule has 1 aliphatic carbocycles. The minimum atomic E-state index is -0.475. The van der Waals surface area contributed by atoms with E-state index in [9.17, 15) is 9.59 Å². The Balaban J connectivity index is 1.67. The third-order valence-electron chi connectivity index (χ3n) is 3.86. The molecule has 2 aromatic carbocycles. The molecule has 5 heteroatoms. The van der Waals surface area contributed by atoms with Gasteiger partial charge in [0.25, 0.3) is 0 Å². The number of methoxy groups -OCH3 is 1. The third kappa shape index (κ3) is 3.74. The quantitative estimate of drug-likeness (QED) is 0.674. The first kappa shape index (κ1) is 16.1. The van der Waals surface area contributed by atoms with Crippen LogP contribution in [0, 0.1) is 12.8 Å². The summed E-state index contributed by atoms with van der Waals surface area (Å²) in [4.78, 5) is 24.0. The van der Waals surface area contributed by atoms with E-state index in [1.54, 1.807) is 36.4 Å². The van der Waals surface area contributed by atoms with E-state index in [0.717, 1.165) is 18.4 Å². The minimum Gasteiger partial charge on any atom is -0.493 e. The molecular weight excluding hydrogens is 306 g/mol. The molecule has 0 saturated heterocycles. The summed E-state index contributed by atoms with van der Waals surface area (Å²) >= 11 is 0. The fourth-order valence-corrected chi connectivity index (χ4v) is 2.30. The van der Waals surface area contributed by atoms with E-state index in [2.05, 4.69) is 5.32 Å². The van der Waals surface area contributed by atoms with Crippen molar-refractivity contribution >= 4 is 17.6 Å². The first-order chi connectivity index (χ1) is 11.6. The zero-order valence-electron chi connectivity index (χ0n) is 13.7. The summed E-state index contributed by atoms with van der Waals surface area (Å²) in [6, 6.07) is 12.0. The Morgan fingerprint density at radius 2 is 1.75 bits per heavy atom. The minimum absolute atomic E-state index is 0.0368. The Kier molecular flexibility index (Phi) is 4.51. The summed E-state index contributed by atoms with van der Waals surface area (Å²) in [6.07, 6.45) is 1.91. The van der Waals surface area contributed by atoms with Gasteiger partial charge in [-0.3, -0.25) is 4.79 Å². The molecule has 1 saturated carbocycles. The maximum atomic E-state index is 12.3. The van der Waals surface area contributed by atoms with Gasteiger partial charge in [0.15, 0.2) is 11.5 Å². The molecule has 2 aromatic rings. The van der Waals surface area contributed by atoms with Gasteiger partial charge in [-0.1, -0.05) is 6.07 Å². The number of nitrogens with one attached hydrogen (secondary N) is 1. The molecule has 0 bridgehead atoms. The zero-order chi connectivity index (χ0) is 17.1. The van der Waals surface area contributed by atoms with Crippen LogP contribution in [0.25, 0.3) is 0 Å². The summed E-state index contributed by atoms with van der Waals surface area (Å²) in [6.45, 7) is 1.93. The van der Waals surface area contributed by atoms with Crippen molar-refractivity contribution in [3.05, 3.63) is 53.6 Å². The highest BCUT2D eigenvalue weighted by Crippen LogP contribution is 2.30. The van der Waals surface area contributed by atoms with Crippen molar-refractivity contribution in [3.63, 3.8) is 0 Å². The van der Waals surface area contributed by atoms with Crippen LogP contribution in [0.3, 0.4) is 0 Å². The molecule has 0 aliphatic heterocycles. The van der Waals surface area contributed by atoms with Crippen LogP contribution in [0.2, 0.25) is 0 Å². The molecule has 0 heterocycles. The van der Waals surface area contributed by atoms with Gasteiger partial charge in [-0.05, 0) is 61.7 Å². The molecule has 5 nitrogen and oxygen atoms in total. The van der Waals surface area contributed by atoms with Gasteiger partial charge in [0, 0.05) is 11.6 Å². The Bertz CT molecular complexity index is 763. The Morgan fingerprint density at radius 1 is 1.04 bits per heavy atom. The number of benzene rings is 2. The maximum absolute atomic E-state index is 12.3. The lowest BCUT2D eigenvalue weighted by Crippen LogP contribution is -2.14. The topological polar surface area (TPSA) is 64.6 Å². The molecule has 3 rings (SSSR count). The van der Waals surface area contributed by atoms with E-state index < -0.39 is 5.97 Å². The number of ether oxygens (including phenoxy) is 2. The summed E-state index contributed by atoms with van der Waals surface area (Å²) < 4.78 is 10.6. The highest BCUT2D eigenvalue weighted by atomic mass is 16.6. The molecule has 1 fully saturated rings. The van der Waals surface area contributed by atoms with Gasteiger partial charge >= 0.3 is 5.97 Å². The van der Waals surface area contributed by atoms with Crippen LogP contribution in [0.5, 0.6) is 11.5 Å². The van der Waals surface area contributed by atoms with E-state index >= 15 is 0 Å². The second-order valence-corrected chi connectivity index (χ2v) is 5.88. The number of anilines is 1. The highest BCUT2D eigenvalue weighted by Gasteiger charge is 2.29. The Labute approximate surface area is 140 Å². The summed E-state index contributed by atoms with van der Waals surface area (Å²) in [5.41, 5.74) is 2.10. The van der Waals surface area contributed by atoms with Gasteiger partial charge < -0.3 is 14.8 Å². The predicted molar refractivity (Wildman–Crippen MR) is 90.5 cm³/mol. The Hall–Kier alpha value is -2.82. The molecule has 0 aromatic heterocycles. The third-order valence-corrected chi connectivity index (χ3v) is 3.86. The summed E-state index contributed by atoms with van der Waals surface area (Å²) in [5.74, 6) is 0.589. The first-order valence-electron chi connectivity index (χ1n) is 7.84. The predicted octanol–water partition coefficient (Wildman–Crippen LogP) is 3.57. The van der Waals surface area contributed by atoms with Crippen LogP contribution in [-0.4, -0.2) is 19.0 Å². The number of hydrogen-bond donors (Lipinski definition) is 1. The molecule has 0 atom stereocenters. The lowest BCUT2D eigenvalue weighted by atomic mass is 10.2. The fraction of sp³-hybridized carbons (Fsp3) is 0.263. The molecule has 0 spiro atoms. The van der Waals surface area contributed by atoms with Crippen LogP contribution in [0.15, 0.2) is 42.5 Å². The lowest BCUT2D eigenvalue weighted by molar-refractivity contribution is -0.117. The number of carbonyl (C=O) groups excluding carboxylic acids is 2. The maximum Gasteiger partial charge on any atom is 0.343 e. The second-order valence-electron chi connectivity index (χ2n) is 5.88. The first-order valence-corrected chi connectivity index (χ1v) is 7.84. The zero-order valence-corrected chi connectivity index (χ0v) is 13.7. The molecule has 1 aliphatic rings. The standard InChI is InChI=1S/C19H19NO4/c1-12-3-10-16(17(11-12)23-2)24-19(22)14-6-8-15(9-7-14)20-18(21)13-4-5-13/h3,6-11,13H,4-5H2,1-2H3,(H,20,21). The van der Waals surface area contributed by atoms with Gasteiger partial charge in [-0.2, -0.15) is 0 Å². The number of amides is 1. The normalized spacial score (nSPS) is 13.2. The fourth-order valence-electron chi connectivity index (χ4n) is 2.30. The van der Waals surface area contributed by atoms with Crippen molar-refractivity contribution in [3.8, 4) is 11.5 Å². The molecular formula is C19H19NO4. The van der Waals surface area contributed by atoms with E-state index in [0.29, 0.717) is 22.7 Å². The molecule has 1 amide bonds. The van der Waals surface area contributed by atoms with E-state index in [1.807, 2.05) is 13.0 Å². The lowest BCUT2D eigenvalue weighted by Gasteiger charge is -2.10. The number of aryl methyl sites for hydroxylation is 1. The van der Waals surface area contributed by atoms with Crippen LogP contribution in [-0.2, 0) is 4.79 Å². The van der Waals surface area contributed by atoms with Crippen LogP contribution >= 0.6 is 0 Å². The van der Waals surface area contributed by atoms with Crippen molar-refractivity contribution in [2.75, 3.05) is 12.4 Å². The molecule has 0 unspecified atom stereocenters. The van der Waals surface area contributed by atoms with Crippen molar-refractivity contribution in [1.29, 1.82) is 0 Å². The summed E-state index contributed by atoms with van der Waals surface area (Å²) in [5, 5.41) is 2.83. The average molecular weight is 325 g/mol. The summed E-state index contributed by atoms with van der Waals surface area (Å²) in [7, 11) is 1.53. The molecule has 124 valence electrons. The van der Waals surface area contributed by atoms with Crippen molar-refractivity contribution in [2.24, 2.45) is 5.92 Å². The van der Waals surface area contributed by atoms with Gasteiger partial charge in [-0.15, -0.1) is 0 Å². The van der Waals surface area contributed by atoms with Gasteiger partial charge in [-0.25, -0.2) is 4.79 Å². The molecule has 1 N–H and O–H groups in total. The van der Waals surface area contributed by atoms with Crippen LogP contribution in [0.4, 0.5) is 5.69 Å². The van der Waals surface area contributed by atoms with E-state index in [4.69, 9.17) is 9.47 Å². The van der Waals surface area contributed by atoms with Gasteiger partial charge in [0.05, 0.1) is 12.7 Å². The van der Waals surface area contributed by atoms with Crippen molar-refractivity contribution < 1.29 is 19.1 Å². The number of esters is 1. The van der Waals surface area contributed by atoms with Crippen LogP contribution < -0.4 is 14.8 Å². The van der Waals surface area contributed by atoms with Gasteiger partial charge in [0.2, 0.25) is 5.91 Å². The second kappa shape index (κ2) is 6.74. The molecule has 0 radical (unpaired) electrons. The SMILES string of the molecule is COc1cc(C)ccc1OC(=O)c1ccc(NC(=O)C2CC2)cc1.